The van der Waals surface area contributed by atoms with Gasteiger partial charge in [-0.2, -0.15) is 0 Å². The first kappa shape index (κ1) is 61.8. The molecular weight excluding hydrogens is 936 g/mol. The van der Waals surface area contributed by atoms with E-state index in [4.69, 9.17) is 14.0 Å². The quantitative estimate of drug-likeness (QED) is 0.0597. The predicted octanol–water partition coefficient (Wildman–Crippen LogP) is 16.2. The number of hydrogen-bond donors (Lipinski definition) is 2. The van der Waals surface area contributed by atoms with Gasteiger partial charge >= 0.3 is 13.1 Å². The Morgan fingerprint density at radius 1 is 0.513 bits per heavy atom. The molecule has 76 heavy (non-hydrogen) atoms. The van der Waals surface area contributed by atoms with E-state index in [-0.39, 0.29) is 41.5 Å². The molecule has 7 heteroatoms. The van der Waals surface area contributed by atoms with E-state index in [9.17, 15) is 15.0 Å². The highest BCUT2D eigenvalue weighted by molar-refractivity contribution is 6.63. The summed E-state index contributed by atoms with van der Waals surface area (Å²) >= 11 is 0. The molecule has 0 aromatic heterocycles. The fraction of sp³-hybridized carbons (Fsp3) is 0.493. The van der Waals surface area contributed by atoms with Crippen molar-refractivity contribution in [3.8, 4) is 11.1 Å². The first-order chi connectivity index (χ1) is 35.7. The van der Waals surface area contributed by atoms with Crippen molar-refractivity contribution in [3.63, 3.8) is 0 Å². The molecule has 0 aliphatic carbocycles. The molecule has 0 atom stereocenters. The third-order valence-corrected chi connectivity index (χ3v) is 18.2. The smallest absolute Gasteiger partial charge is 0.469 e. The van der Waals surface area contributed by atoms with Crippen LogP contribution in [0.5, 0.6) is 0 Å². The first-order valence-electron chi connectivity index (χ1n) is 28.6. The summed E-state index contributed by atoms with van der Waals surface area (Å²) in [4.78, 5) is 11.7. The summed E-state index contributed by atoms with van der Waals surface area (Å²) in [5, 5.41) is 21.4. The molecular formula is C69H95BO6. The zero-order chi connectivity index (χ0) is 56.6. The molecule has 1 aliphatic rings. The molecule has 0 spiro atoms. The van der Waals surface area contributed by atoms with Crippen LogP contribution in [-0.4, -0.2) is 52.8 Å². The Morgan fingerprint density at radius 3 is 1.20 bits per heavy atom. The van der Waals surface area contributed by atoms with E-state index < -0.39 is 11.2 Å². The van der Waals surface area contributed by atoms with E-state index in [0.717, 1.165) is 53.4 Å². The van der Waals surface area contributed by atoms with Crippen LogP contribution in [0.4, 0.5) is 0 Å². The molecule has 1 saturated heterocycles. The predicted molar refractivity (Wildman–Crippen MR) is 323 cm³/mol. The lowest BCUT2D eigenvalue weighted by molar-refractivity contribution is -0.139. The van der Waals surface area contributed by atoms with Gasteiger partial charge in [-0.15, -0.1) is 0 Å². The minimum absolute atomic E-state index is 0.0788. The average molecular weight is 1030 g/mol. The second-order valence-electron chi connectivity index (χ2n) is 23.1. The standard InChI is InChI=1S/C36H46O3.C33H49BO3/c1-9-35(38,10-2)20-19-29-17-18-31(21-25(29)5)36(11-3,12-4)32-22-26(6)34(27(7)23-32)30-15-13-28(14-16-30)24-33(37)39-8;1-12-32(35,13-2)19-18-26-16-17-27(20-23(26)5)33(14-3,15-4)28-21-24(6)29(25(7)22-28)34-36-30(8,9)31(10,11)37-34/h13-23,38H,9-12,24H2,1-8H3;16-22,35H,12-15H2,1-11H3/b20-19+;19-18+. The van der Waals surface area contributed by atoms with Gasteiger partial charge in [0, 0.05) is 10.8 Å². The van der Waals surface area contributed by atoms with Gasteiger partial charge in [0.2, 0.25) is 0 Å². The molecule has 0 radical (unpaired) electrons. The maximum Gasteiger partial charge on any atom is 0.495 e. The molecule has 1 fully saturated rings. The Bertz CT molecular complexity index is 2770. The van der Waals surface area contributed by atoms with E-state index in [0.29, 0.717) is 25.7 Å². The Balaban J connectivity index is 0.000000281. The minimum Gasteiger partial charge on any atom is -0.469 e. The lowest BCUT2D eigenvalue weighted by Crippen LogP contribution is -2.41. The highest BCUT2D eigenvalue weighted by Gasteiger charge is 2.52. The first-order valence-corrected chi connectivity index (χ1v) is 28.6. The number of benzene rings is 5. The van der Waals surface area contributed by atoms with Crippen molar-refractivity contribution >= 4 is 30.7 Å². The van der Waals surface area contributed by atoms with Crippen molar-refractivity contribution in [1.29, 1.82) is 0 Å². The van der Waals surface area contributed by atoms with Crippen LogP contribution in [0.25, 0.3) is 23.3 Å². The summed E-state index contributed by atoms with van der Waals surface area (Å²) in [6.07, 6.45) is 15.2. The van der Waals surface area contributed by atoms with Crippen molar-refractivity contribution in [2.75, 3.05) is 7.11 Å². The van der Waals surface area contributed by atoms with Crippen LogP contribution in [0, 0.1) is 41.5 Å². The summed E-state index contributed by atoms with van der Waals surface area (Å²) in [6, 6.07) is 31.3. The summed E-state index contributed by atoms with van der Waals surface area (Å²) in [5.41, 5.74) is 17.2. The second-order valence-corrected chi connectivity index (χ2v) is 23.1. The Hall–Kier alpha value is -5.05. The van der Waals surface area contributed by atoms with Crippen LogP contribution in [-0.2, 0) is 36.1 Å². The lowest BCUT2D eigenvalue weighted by Gasteiger charge is -2.35. The van der Waals surface area contributed by atoms with Crippen molar-refractivity contribution in [2.24, 2.45) is 0 Å². The maximum absolute atomic E-state index is 11.7. The zero-order valence-corrected chi connectivity index (χ0v) is 50.4. The minimum atomic E-state index is -0.750. The molecule has 1 heterocycles. The van der Waals surface area contributed by atoms with Gasteiger partial charge < -0.3 is 24.3 Å². The van der Waals surface area contributed by atoms with Gasteiger partial charge in [0.1, 0.15) is 0 Å². The number of hydrogen-bond acceptors (Lipinski definition) is 6. The molecule has 2 N–H and O–H groups in total. The maximum atomic E-state index is 11.7. The average Bonchev–Trinajstić information content (AvgIpc) is 3.61. The number of aliphatic hydroxyl groups is 2. The molecule has 1 aliphatic heterocycles. The topological polar surface area (TPSA) is 85.2 Å². The summed E-state index contributed by atoms with van der Waals surface area (Å²) in [5.74, 6) is -0.224. The second kappa shape index (κ2) is 25.2. The van der Waals surface area contributed by atoms with Gasteiger partial charge in [-0.25, -0.2) is 0 Å². The normalized spacial score (nSPS) is 14.9. The van der Waals surface area contributed by atoms with Crippen LogP contribution >= 0.6 is 0 Å². The zero-order valence-electron chi connectivity index (χ0n) is 50.4. The van der Waals surface area contributed by atoms with Gasteiger partial charge in [-0.05, 0) is 198 Å². The molecule has 6 rings (SSSR count). The highest BCUT2D eigenvalue weighted by Crippen LogP contribution is 2.44. The summed E-state index contributed by atoms with van der Waals surface area (Å²) < 4.78 is 17.6. The number of carbonyl (C=O) groups is 1. The molecule has 0 bridgehead atoms. The number of esters is 1. The Kier molecular flexibility index (Phi) is 20.5. The van der Waals surface area contributed by atoms with Gasteiger partial charge in [0.25, 0.3) is 0 Å². The fourth-order valence-corrected chi connectivity index (χ4v) is 11.6. The molecule has 6 nitrogen and oxygen atoms in total. The Labute approximate surface area is 460 Å². The van der Waals surface area contributed by atoms with E-state index in [1.165, 1.54) is 68.3 Å². The molecule has 0 saturated carbocycles. The van der Waals surface area contributed by atoms with E-state index in [1.54, 1.807) is 0 Å². The molecule has 5 aromatic rings. The largest absolute Gasteiger partial charge is 0.495 e. The van der Waals surface area contributed by atoms with Crippen LogP contribution in [0.15, 0.2) is 97.1 Å². The monoisotopic (exact) mass is 1030 g/mol. The number of methoxy groups -OCH3 is 1. The van der Waals surface area contributed by atoms with E-state index >= 15 is 0 Å². The van der Waals surface area contributed by atoms with Crippen molar-refractivity contribution in [2.45, 2.75) is 216 Å². The van der Waals surface area contributed by atoms with Gasteiger partial charge in [-0.3, -0.25) is 4.79 Å². The fourth-order valence-electron chi connectivity index (χ4n) is 11.6. The summed E-state index contributed by atoms with van der Waals surface area (Å²) in [7, 11) is 1.07. The van der Waals surface area contributed by atoms with Gasteiger partial charge in [0.15, 0.2) is 0 Å². The third kappa shape index (κ3) is 13.1. The van der Waals surface area contributed by atoms with Gasteiger partial charge in [0.05, 0.1) is 35.9 Å². The van der Waals surface area contributed by atoms with Crippen molar-refractivity contribution in [1.82, 2.24) is 0 Å². The highest BCUT2D eigenvalue weighted by atomic mass is 16.7. The van der Waals surface area contributed by atoms with Crippen LogP contribution in [0.1, 0.15) is 207 Å². The van der Waals surface area contributed by atoms with Crippen LogP contribution < -0.4 is 5.46 Å². The third-order valence-electron chi connectivity index (χ3n) is 18.2. The van der Waals surface area contributed by atoms with E-state index in [1.807, 2.05) is 52.0 Å². The number of rotatable bonds is 20. The van der Waals surface area contributed by atoms with Crippen molar-refractivity contribution in [3.05, 3.63) is 169 Å². The molecule has 0 unspecified atom stereocenters. The number of ether oxygens (including phenoxy) is 1. The molecule has 5 aromatic carbocycles. The molecule has 410 valence electrons. The number of aryl methyl sites for hydroxylation is 6. The summed E-state index contributed by atoms with van der Waals surface area (Å²) in [6.45, 7) is 38.8. The SMILES string of the molecule is CCC(O)(/C=C/c1ccc(C(CC)(CC)c2cc(C)c(-c3ccc(CC(=O)OC)cc3)c(C)c2)cc1C)CC.CCC(O)(/C=C/c1ccc(C(CC)(CC)c2cc(C)c(B3OC(C)(C)C(C)(C)O3)c(C)c2)cc1C)CC. The Morgan fingerprint density at radius 2 is 0.868 bits per heavy atom. The lowest BCUT2D eigenvalue weighted by atomic mass is 9.66. The molecule has 0 amide bonds. The van der Waals surface area contributed by atoms with Crippen LogP contribution in [0.2, 0.25) is 0 Å². The van der Waals surface area contributed by atoms with Gasteiger partial charge in [-0.1, -0.05) is 176 Å². The van der Waals surface area contributed by atoms with Crippen LogP contribution in [0.3, 0.4) is 0 Å². The van der Waals surface area contributed by atoms with E-state index in [2.05, 4.69) is 182 Å². The number of carbonyl (C=O) groups excluding carboxylic acids is 1. The van der Waals surface area contributed by atoms with Crippen molar-refractivity contribution < 1.29 is 29.1 Å².